The summed E-state index contributed by atoms with van der Waals surface area (Å²) < 4.78 is 0. The maximum Gasteiger partial charge on any atom is 0.236 e. The average molecular weight is 307 g/mol. The zero-order chi connectivity index (χ0) is 15.4. The van der Waals surface area contributed by atoms with Crippen LogP contribution < -0.4 is 5.32 Å². The van der Waals surface area contributed by atoms with Gasteiger partial charge in [0, 0.05) is 32.1 Å². The minimum absolute atomic E-state index is 0.186. The normalized spacial score (nSPS) is 23.6. The van der Waals surface area contributed by atoms with Crippen LogP contribution in [0.2, 0.25) is 0 Å². The van der Waals surface area contributed by atoms with Crippen molar-refractivity contribution in [3.63, 3.8) is 0 Å². The molecule has 0 atom stereocenters. The van der Waals surface area contributed by atoms with Gasteiger partial charge in [0.15, 0.2) is 0 Å². The first kappa shape index (κ1) is 15.8. The van der Waals surface area contributed by atoms with Gasteiger partial charge < -0.3 is 15.1 Å². The number of nitrogens with one attached hydrogen (secondary N) is 1. The van der Waals surface area contributed by atoms with Crippen LogP contribution in [0.4, 0.5) is 0 Å². The van der Waals surface area contributed by atoms with E-state index < -0.39 is 0 Å². The molecule has 2 amide bonds. The fourth-order valence-electron chi connectivity index (χ4n) is 3.60. The van der Waals surface area contributed by atoms with Crippen molar-refractivity contribution in [3.05, 3.63) is 0 Å². The Labute approximate surface area is 133 Å². The topological polar surface area (TPSA) is 52.7 Å². The van der Waals surface area contributed by atoms with Gasteiger partial charge in [-0.1, -0.05) is 19.3 Å². The summed E-state index contributed by atoms with van der Waals surface area (Å²) in [4.78, 5) is 28.5. The van der Waals surface area contributed by atoms with Crippen LogP contribution in [-0.4, -0.2) is 60.9 Å². The maximum atomic E-state index is 12.5. The van der Waals surface area contributed by atoms with Crippen molar-refractivity contribution in [2.45, 2.75) is 44.9 Å². The van der Waals surface area contributed by atoms with Gasteiger partial charge in [0.05, 0.1) is 6.54 Å². The zero-order valence-corrected chi connectivity index (χ0v) is 13.6. The van der Waals surface area contributed by atoms with E-state index in [2.05, 4.69) is 5.32 Å². The number of amides is 2. The van der Waals surface area contributed by atoms with Crippen LogP contribution in [0.25, 0.3) is 0 Å². The number of rotatable bonds is 5. The molecule has 0 aromatic carbocycles. The fraction of sp³-hybridized carbons (Fsp3) is 0.882. The summed E-state index contributed by atoms with van der Waals surface area (Å²) in [5.41, 5.74) is 0. The predicted molar refractivity (Wildman–Crippen MR) is 85.3 cm³/mol. The summed E-state index contributed by atoms with van der Waals surface area (Å²) in [5.74, 6) is 1.57. The highest BCUT2D eigenvalue weighted by atomic mass is 16.2. The lowest BCUT2D eigenvalue weighted by atomic mass is 9.88. The Morgan fingerprint density at radius 2 is 1.50 bits per heavy atom. The Morgan fingerprint density at radius 3 is 2.14 bits per heavy atom. The SMILES string of the molecule is O=C(CNCC1CC1)N1CCN(C(=O)C2CCCCC2)CC1. The molecule has 5 heteroatoms. The van der Waals surface area contributed by atoms with E-state index in [0.29, 0.717) is 38.6 Å². The molecular weight excluding hydrogens is 278 g/mol. The second kappa shape index (κ2) is 7.44. The molecule has 3 aliphatic rings. The molecule has 2 aliphatic carbocycles. The van der Waals surface area contributed by atoms with Gasteiger partial charge in [-0.15, -0.1) is 0 Å². The third-order valence-electron chi connectivity index (χ3n) is 5.30. The van der Waals surface area contributed by atoms with Crippen LogP contribution in [-0.2, 0) is 9.59 Å². The van der Waals surface area contributed by atoms with Crippen LogP contribution in [0, 0.1) is 11.8 Å². The van der Waals surface area contributed by atoms with Crippen molar-refractivity contribution in [1.82, 2.24) is 15.1 Å². The molecule has 0 spiro atoms. The Morgan fingerprint density at radius 1 is 0.864 bits per heavy atom. The Bertz CT molecular complexity index is 395. The van der Waals surface area contributed by atoms with Gasteiger partial charge in [0.2, 0.25) is 11.8 Å². The van der Waals surface area contributed by atoms with E-state index in [4.69, 9.17) is 0 Å². The molecule has 1 N–H and O–H groups in total. The summed E-state index contributed by atoms with van der Waals surface area (Å²) in [6.45, 7) is 4.25. The largest absolute Gasteiger partial charge is 0.339 e. The van der Waals surface area contributed by atoms with Gasteiger partial charge in [-0.05, 0) is 38.1 Å². The molecule has 0 bridgehead atoms. The second-order valence-electron chi connectivity index (χ2n) is 7.12. The lowest BCUT2D eigenvalue weighted by molar-refractivity contribution is -0.142. The smallest absolute Gasteiger partial charge is 0.236 e. The fourth-order valence-corrected chi connectivity index (χ4v) is 3.60. The van der Waals surface area contributed by atoms with Crippen molar-refractivity contribution in [2.75, 3.05) is 39.3 Å². The van der Waals surface area contributed by atoms with Crippen LogP contribution in [0.5, 0.6) is 0 Å². The number of carbonyl (C=O) groups is 2. The summed E-state index contributed by atoms with van der Waals surface area (Å²) in [7, 11) is 0. The van der Waals surface area contributed by atoms with E-state index in [1.807, 2.05) is 9.80 Å². The van der Waals surface area contributed by atoms with E-state index in [1.165, 1.54) is 32.1 Å². The van der Waals surface area contributed by atoms with Crippen molar-refractivity contribution in [2.24, 2.45) is 11.8 Å². The van der Waals surface area contributed by atoms with Crippen LogP contribution >= 0.6 is 0 Å². The molecule has 1 aliphatic heterocycles. The highest BCUT2D eigenvalue weighted by molar-refractivity contribution is 5.80. The van der Waals surface area contributed by atoms with E-state index >= 15 is 0 Å². The number of hydrogen-bond donors (Lipinski definition) is 1. The number of hydrogen-bond acceptors (Lipinski definition) is 3. The van der Waals surface area contributed by atoms with Gasteiger partial charge in [-0.3, -0.25) is 9.59 Å². The van der Waals surface area contributed by atoms with E-state index in [9.17, 15) is 9.59 Å². The second-order valence-corrected chi connectivity index (χ2v) is 7.12. The molecule has 2 saturated carbocycles. The Hall–Kier alpha value is -1.10. The van der Waals surface area contributed by atoms with Crippen molar-refractivity contribution in [3.8, 4) is 0 Å². The van der Waals surface area contributed by atoms with Gasteiger partial charge in [-0.25, -0.2) is 0 Å². The third-order valence-corrected chi connectivity index (χ3v) is 5.30. The van der Waals surface area contributed by atoms with E-state index in [-0.39, 0.29) is 11.8 Å². The molecule has 22 heavy (non-hydrogen) atoms. The standard InChI is InChI=1S/C17H29N3O2/c21-16(13-18-12-14-6-7-14)19-8-10-20(11-9-19)17(22)15-4-2-1-3-5-15/h14-15,18H,1-13H2. The first-order valence-electron chi connectivity index (χ1n) is 9.01. The van der Waals surface area contributed by atoms with Crippen LogP contribution in [0.3, 0.4) is 0 Å². The molecule has 1 saturated heterocycles. The highest BCUT2D eigenvalue weighted by Crippen LogP contribution is 2.27. The summed E-state index contributed by atoms with van der Waals surface area (Å²) in [6.07, 6.45) is 8.40. The molecule has 0 aromatic rings. The Kier molecular flexibility index (Phi) is 5.34. The van der Waals surface area contributed by atoms with Crippen molar-refractivity contribution in [1.29, 1.82) is 0 Å². The first-order valence-corrected chi connectivity index (χ1v) is 9.01. The molecular formula is C17H29N3O2. The monoisotopic (exact) mass is 307 g/mol. The molecule has 0 radical (unpaired) electrons. The lowest BCUT2D eigenvalue weighted by Crippen LogP contribution is -2.53. The quantitative estimate of drug-likeness (QED) is 0.831. The molecule has 5 nitrogen and oxygen atoms in total. The van der Waals surface area contributed by atoms with Gasteiger partial charge in [0.1, 0.15) is 0 Å². The lowest BCUT2D eigenvalue weighted by Gasteiger charge is -2.37. The summed E-state index contributed by atoms with van der Waals surface area (Å²) in [6, 6.07) is 0. The maximum absolute atomic E-state index is 12.5. The van der Waals surface area contributed by atoms with Crippen LogP contribution in [0.15, 0.2) is 0 Å². The van der Waals surface area contributed by atoms with Crippen LogP contribution in [0.1, 0.15) is 44.9 Å². The number of piperazine rings is 1. The average Bonchev–Trinajstić information content (AvgIpc) is 3.39. The first-order chi connectivity index (χ1) is 10.7. The molecule has 0 unspecified atom stereocenters. The highest BCUT2D eigenvalue weighted by Gasteiger charge is 2.29. The number of nitrogens with zero attached hydrogens (tertiary/aromatic N) is 2. The molecule has 3 rings (SSSR count). The third kappa shape index (κ3) is 4.22. The molecule has 0 aromatic heterocycles. The summed E-state index contributed by atoms with van der Waals surface area (Å²) in [5, 5.41) is 3.26. The van der Waals surface area contributed by atoms with Crippen molar-refractivity contribution >= 4 is 11.8 Å². The van der Waals surface area contributed by atoms with Gasteiger partial charge in [0.25, 0.3) is 0 Å². The van der Waals surface area contributed by atoms with Gasteiger partial charge >= 0.3 is 0 Å². The van der Waals surface area contributed by atoms with Gasteiger partial charge in [-0.2, -0.15) is 0 Å². The minimum Gasteiger partial charge on any atom is -0.339 e. The molecule has 124 valence electrons. The minimum atomic E-state index is 0.186. The van der Waals surface area contributed by atoms with E-state index in [1.54, 1.807) is 0 Å². The summed E-state index contributed by atoms with van der Waals surface area (Å²) >= 11 is 0. The zero-order valence-electron chi connectivity index (χ0n) is 13.6. The molecule has 3 fully saturated rings. The van der Waals surface area contributed by atoms with Crippen molar-refractivity contribution < 1.29 is 9.59 Å². The molecule has 1 heterocycles. The Balaban J connectivity index is 1.37. The van der Waals surface area contributed by atoms with E-state index in [0.717, 1.165) is 25.3 Å². The number of carbonyl (C=O) groups excluding carboxylic acids is 2. The predicted octanol–water partition coefficient (Wildman–Crippen LogP) is 1.24.